The van der Waals surface area contributed by atoms with Crippen LogP contribution in [-0.4, -0.2) is 18.4 Å². The van der Waals surface area contributed by atoms with Gasteiger partial charge < -0.3 is 10.6 Å². The first kappa shape index (κ1) is 17.1. The van der Waals surface area contributed by atoms with Gasteiger partial charge in [-0.2, -0.15) is 0 Å². The number of hydrogen-bond donors (Lipinski definition) is 2. The Morgan fingerprint density at radius 3 is 2.56 bits per heavy atom. The Morgan fingerprint density at radius 1 is 1.12 bits per heavy atom. The summed E-state index contributed by atoms with van der Waals surface area (Å²) in [6.07, 6.45) is 0. The summed E-state index contributed by atoms with van der Waals surface area (Å²) in [5.74, 6) is -3.58. The molecule has 3 rings (SSSR count). The van der Waals surface area contributed by atoms with Gasteiger partial charge in [-0.15, -0.1) is 0 Å². The third kappa shape index (κ3) is 3.52. The van der Waals surface area contributed by atoms with Gasteiger partial charge in [0.1, 0.15) is 17.6 Å². The molecule has 0 bridgehead atoms. The summed E-state index contributed by atoms with van der Waals surface area (Å²) in [6.45, 7) is 3.71. The van der Waals surface area contributed by atoms with E-state index in [1.807, 2.05) is 0 Å². The standard InChI is InChI=1S/C19H18F2N2O2/c1-10-3-4-16(15(21)7-10)23-19(25)17-14(9-22-18(17)24)12-5-11(2)6-13(20)8-12/h3-8,14,17H,9H2,1-2H3,(H,22,24)(H,23,25). The zero-order chi connectivity index (χ0) is 18.1. The Kier molecular flexibility index (Phi) is 4.53. The fourth-order valence-electron chi connectivity index (χ4n) is 3.14. The number of rotatable bonds is 3. The van der Waals surface area contributed by atoms with E-state index in [-0.39, 0.29) is 12.2 Å². The molecule has 1 aliphatic rings. The molecule has 130 valence electrons. The van der Waals surface area contributed by atoms with Crippen molar-refractivity contribution >= 4 is 17.5 Å². The fraction of sp³-hybridized carbons (Fsp3) is 0.263. The van der Waals surface area contributed by atoms with Crippen LogP contribution in [0.4, 0.5) is 14.5 Å². The van der Waals surface area contributed by atoms with Crippen LogP contribution in [0.5, 0.6) is 0 Å². The molecule has 0 saturated carbocycles. The molecule has 2 aromatic carbocycles. The van der Waals surface area contributed by atoms with Crippen LogP contribution < -0.4 is 10.6 Å². The van der Waals surface area contributed by atoms with E-state index in [4.69, 9.17) is 0 Å². The first-order valence-electron chi connectivity index (χ1n) is 7.97. The van der Waals surface area contributed by atoms with E-state index in [0.29, 0.717) is 11.1 Å². The predicted molar refractivity (Wildman–Crippen MR) is 90.1 cm³/mol. The molecule has 0 spiro atoms. The Balaban J connectivity index is 1.87. The molecule has 2 atom stereocenters. The van der Waals surface area contributed by atoms with Crippen molar-refractivity contribution in [3.05, 3.63) is 64.7 Å². The zero-order valence-corrected chi connectivity index (χ0v) is 13.9. The van der Waals surface area contributed by atoms with Gasteiger partial charge >= 0.3 is 0 Å². The number of benzene rings is 2. The summed E-state index contributed by atoms with van der Waals surface area (Å²) in [4.78, 5) is 24.7. The lowest BCUT2D eigenvalue weighted by molar-refractivity contribution is -0.130. The first-order chi connectivity index (χ1) is 11.8. The molecule has 25 heavy (non-hydrogen) atoms. The Bertz CT molecular complexity index is 831. The van der Waals surface area contributed by atoms with E-state index in [0.717, 1.165) is 5.56 Å². The third-order valence-corrected chi connectivity index (χ3v) is 4.34. The minimum atomic E-state index is -1.04. The van der Waals surface area contributed by atoms with Crippen LogP contribution in [0.15, 0.2) is 36.4 Å². The largest absolute Gasteiger partial charge is 0.355 e. The number of aryl methyl sites for hydroxylation is 2. The average molecular weight is 344 g/mol. The van der Waals surface area contributed by atoms with Crippen LogP contribution in [0.1, 0.15) is 22.6 Å². The lowest BCUT2D eigenvalue weighted by Gasteiger charge is -2.18. The monoisotopic (exact) mass is 344 g/mol. The topological polar surface area (TPSA) is 58.2 Å². The minimum Gasteiger partial charge on any atom is -0.355 e. The second-order valence-corrected chi connectivity index (χ2v) is 6.36. The quantitative estimate of drug-likeness (QED) is 0.841. The molecule has 0 aromatic heterocycles. The molecular weight excluding hydrogens is 326 g/mol. The van der Waals surface area contributed by atoms with Gasteiger partial charge in [0.15, 0.2) is 0 Å². The molecule has 1 heterocycles. The summed E-state index contributed by atoms with van der Waals surface area (Å²) in [7, 11) is 0. The summed E-state index contributed by atoms with van der Waals surface area (Å²) in [5.41, 5.74) is 2.02. The molecular formula is C19H18F2N2O2. The maximum absolute atomic E-state index is 14.0. The average Bonchev–Trinajstić information content (AvgIpc) is 2.91. The number of nitrogens with one attached hydrogen (secondary N) is 2. The Morgan fingerprint density at radius 2 is 1.88 bits per heavy atom. The van der Waals surface area contributed by atoms with Crippen molar-refractivity contribution in [2.75, 3.05) is 11.9 Å². The Hall–Kier alpha value is -2.76. The van der Waals surface area contributed by atoms with Crippen LogP contribution in [0.2, 0.25) is 0 Å². The van der Waals surface area contributed by atoms with Crippen LogP contribution in [0.25, 0.3) is 0 Å². The lowest BCUT2D eigenvalue weighted by Crippen LogP contribution is -2.32. The molecule has 1 fully saturated rings. The van der Waals surface area contributed by atoms with E-state index in [1.165, 1.54) is 24.3 Å². The number of anilines is 1. The Labute approximate surface area is 144 Å². The van der Waals surface area contributed by atoms with Gasteiger partial charge in [-0.3, -0.25) is 9.59 Å². The first-order valence-corrected chi connectivity index (χ1v) is 7.97. The highest BCUT2D eigenvalue weighted by Gasteiger charge is 2.41. The van der Waals surface area contributed by atoms with Gasteiger partial charge in [-0.05, 0) is 54.8 Å². The molecule has 2 N–H and O–H groups in total. The molecule has 6 heteroatoms. The normalized spacial score (nSPS) is 19.6. The minimum absolute atomic E-state index is 0.0180. The zero-order valence-electron chi connectivity index (χ0n) is 13.9. The van der Waals surface area contributed by atoms with E-state index >= 15 is 0 Å². The SMILES string of the molecule is Cc1cc(F)cc(C2CNC(=O)C2C(=O)Nc2ccc(C)cc2F)c1. The summed E-state index contributed by atoms with van der Waals surface area (Å²) >= 11 is 0. The second-order valence-electron chi connectivity index (χ2n) is 6.36. The highest BCUT2D eigenvalue weighted by Crippen LogP contribution is 2.31. The molecule has 2 unspecified atom stereocenters. The number of carbonyl (C=O) groups is 2. The van der Waals surface area contributed by atoms with Crippen molar-refractivity contribution < 1.29 is 18.4 Å². The predicted octanol–water partition coefficient (Wildman–Crippen LogP) is 3.05. The van der Waals surface area contributed by atoms with Crippen LogP contribution in [0.3, 0.4) is 0 Å². The molecule has 0 radical (unpaired) electrons. The number of hydrogen-bond acceptors (Lipinski definition) is 2. The smallest absolute Gasteiger partial charge is 0.237 e. The van der Waals surface area contributed by atoms with Gasteiger partial charge in [0, 0.05) is 12.5 Å². The summed E-state index contributed by atoms with van der Waals surface area (Å²) in [6, 6.07) is 8.88. The van der Waals surface area contributed by atoms with Crippen LogP contribution in [0, 0.1) is 31.4 Å². The van der Waals surface area contributed by atoms with Gasteiger partial charge in [-0.1, -0.05) is 12.1 Å². The van der Waals surface area contributed by atoms with E-state index in [2.05, 4.69) is 10.6 Å². The van der Waals surface area contributed by atoms with E-state index < -0.39 is 35.3 Å². The second kappa shape index (κ2) is 6.63. The molecule has 1 saturated heterocycles. The van der Waals surface area contributed by atoms with Crippen molar-refractivity contribution in [1.82, 2.24) is 5.32 Å². The van der Waals surface area contributed by atoms with Gasteiger partial charge in [0.05, 0.1) is 5.69 Å². The molecule has 1 aliphatic heterocycles. The number of amides is 2. The fourth-order valence-corrected chi connectivity index (χ4v) is 3.14. The molecule has 4 nitrogen and oxygen atoms in total. The van der Waals surface area contributed by atoms with Gasteiger partial charge in [0.2, 0.25) is 11.8 Å². The van der Waals surface area contributed by atoms with Gasteiger partial charge in [-0.25, -0.2) is 8.78 Å². The van der Waals surface area contributed by atoms with E-state index in [9.17, 15) is 18.4 Å². The third-order valence-electron chi connectivity index (χ3n) is 4.34. The van der Waals surface area contributed by atoms with Crippen LogP contribution in [-0.2, 0) is 9.59 Å². The van der Waals surface area contributed by atoms with Crippen molar-refractivity contribution in [2.24, 2.45) is 5.92 Å². The lowest BCUT2D eigenvalue weighted by atomic mass is 9.87. The van der Waals surface area contributed by atoms with Gasteiger partial charge in [0.25, 0.3) is 0 Å². The van der Waals surface area contributed by atoms with Crippen molar-refractivity contribution in [1.29, 1.82) is 0 Å². The maximum Gasteiger partial charge on any atom is 0.237 e. The molecule has 2 aromatic rings. The number of halogens is 2. The van der Waals surface area contributed by atoms with Crippen molar-refractivity contribution in [3.8, 4) is 0 Å². The highest BCUT2D eigenvalue weighted by molar-refractivity contribution is 6.08. The van der Waals surface area contributed by atoms with E-state index in [1.54, 1.807) is 26.0 Å². The van der Waals surface area contributed by atoms with Crippen molar-refractivity contribution in [2.45, 2.75) is 19.8 Å². The molecule has 2 amide bonds. The molecule has 0 aliphatic carbocycles. The summed E-state index contributed by atoms with van der Waals surface area (Å²) in [5, 5.41) is 5.10. The van der Waals surface area contributed by atoms with Crippen molar-refractivity contribution in [3.63, 3.8) is 0 Å². The highest BCUT2D eigenvalue weighted by atomic mass is 19.1. The van der Waals surface area contributed by atoms with Crippen LogP contribution >= 0.6 is 0 Å². The summed E-state index contributed by atoms with van der Waals surface area (Å²) < 4.78 is 27.6. The number of carbonyl (C=O) groups excluding carboxylic acids is 2. The maximum atomic E-state index is 14.0.